The lowest BCUT2D eigenvalue weighted by Gasteiger charge is -2.13. The van der Waals surface area contributed by atoms with E-state index in [9.17, 15) is 4.39 Å². The van der Waals surface area contributed by atoms with Gasteiger partial charge in [-0.3, -0.25) is 0 Å². The second kappa shape index (κ2) is 4.70. The molecule has 1 aromatic heterocycles. The molecule has 0 radical (unpaired) electrons. The van der Waals surface area contributed by atoms with Crippen LogP contribution in [0.5, 0.6) is 0 Å². The van der Waals surface area contributed by atoms with Gasteiger partial charge in [-0.05, 0) is 53.2 Å². The maximum absolute atomic E-state index is 13.0. The molecular formula is C12H11BrFNO. The van der Waals surface area contributed by atoms with E-state index >= 15 is 0 Å². The van der Waals surface area contributed by atoms with Crippen LogP contribution in [-0.2, 0) is 0 Å². The van der Waals surface area contributed by atoms with Crippen LogP contribution in [0.15, 0.2) is 45.5 Å². The second-order valence-corrected chi connectivity index (χ2v) is 4.36. The van der Waals surface area contributed by atoms with Crippen molar-refractivity contribution in [1.29, 1.82) is 0 Å². The molecule has 0 saturated heterocycles. The molecule has 1 atom stereocenters. The first kappa shape index (κ1) is 11.2. The summed E-state index contributed by atoms with van der Waals surface area (Å²) in [6, 6.07) is 8.60. The van der Waals surface area contributed by atoms with Crippen LogP contribution in [-0.4, -0.2) is 0 Å². The summed E-state index contributed by atoms with van der Waals surface area (Å²) in [6.45, 7) is 1.98. The highest BCUT2D eigenvalue weighted by atomic mass is 79.9. The number of hydrogen-bond acceptors (Lipinski definition) is 2. The quantitative estimate of drug-likeness (QED) is 0.906. The Bertz CT molecular complexity index is 470. The molecule has 2 nitrogen and oxygen atoms in total. The van der Waals surface area contributed by atoms with Crippen LogP contribution in [0, 0.1) is 5.82 Å². The largest absolute Gasteiger partial charge is 0.467 e. The molecule has 4 heteroatoms. The Morgan fingerprint density at radius 1 is 1.38 bits per heavy atom. The predicted octanol–water partition coefficient (Wildman–Crippen LogP) is 4.35. The van der Waals surface area contributed by atoms with Gasteiger partial charge in [-0.15, -0.1) is 0 Å². The van der Waals surface area contributed by atoms with Crippen molar-refractivity contribution < 1.29 is 8.81 Å². The van der Waals surface area contributed by atoms with E-state index in [1.807, 2.05) is 19.1 Å². The molecule has 0 spiro atoms. The van der Waals surface area contributed by atoms with Crippen LogP contribution in [0.4, 0.5) is 10.1 Å². The molecule has 16 heavy (non-hydrogen) atoms. The summed E-state index contributed by atoms with van der Waals surface area (Å²) < 4.78 is 18.7. The summed E-state index contributed by atoms with van der Waals surface area (Å²) in [5.74, 6) is 0.580. The van der Waals surface area contributed by atoms with Gasteiger partial charge < -0.3 is 9.73 Å². The Kier molecular flexibility index (Phi) is 3.29. The lowest BCUT2D eigenvalue weighted by molar-refractivity contribution is 0.490. The van der Waals surface area contributed by atoms with Gasteiger partial charge in [0.15, 0.2) is 0 Å². The molecule has 0 amide bonds. The third-order valence-corrected chi connectivity index (χ3v) is 2.88. The van der Waals surface area contributed by atoms with Crippen LogP contribution >= 0.6 is 15.9 Å². The average molecular weight is 284 g/mol. The second-order valence-electron chi connectivity index (χ2n) is 3.51. The van der Waals surface area contributed by atoms with Gasteiger partial charge in [0, 0.05) is 5.69 Å². The molecule has 1 N–H and O–H groups in total. The smallest absolute Gasteiger partial charge is 0.137 e. The number of hydrogen-bond donors (Lipinski definition) is 1. The number of nitrogens with one attached hydrogen (secondary N) is 1. The highest BCUT2D eigenvalue weighted by Gasteiger charge is 2.08. The molecule has 0 aliphatic rings. The van der Waals surface area contributed by atoms with Gasteiger partial charge in [-0.2, -0.15) is 0 Å². The summed E-state index contributed by atoms with van der Waals surface area (Å²) in [6.07, 6.45) is 1.63. The van der Waals surface area contributed by atoms with E-state index < -0.39 is 0 Å². The first-order chi connectivity index (χ1) is 7.66. The first-order valence-corrected chi connectivity index (χ1v) is 5.71. The van der Waals surface area contributed by atoms with Crippen molar-refractivity contribution in [3.05, 3.63) is 52.6 Å². The molecule has 2 aromatic rings. The third-order valence-electron chi connectivity index (χ3n) is 2.27. The van der Waals surface area contributed by atoms with Crippen molar-refractivity contribution in [2.75, 3.05) is 5.32 Å². The molecular weight excluding hydrogens is 273 g/mol. The predicted molar refractivity (Wildman–Crippen MR) is 64.8 cm³/mol. The molecule has 0 aliphatic heterocycles. The Labute approximate surface area is 102 Å². The Morgan fingerprint density at radius 2 is 2.19 bits per heavy atom. The monoisotopic (exact) mass is 283 g/mol. The van der Waals surface area contributed by atoms with Crippen LogP contribution in [0.2, 0.25) is 0 Å². The fourth-order valence-corrected chi connectivity index (χ4v) is 1.82. The standard InChI is InChI=1S/C12H11BrFNO/c1-8(12-3-2-6-16-12)15-9-4-5-11(14)10(13)7-9/h2-8,15H,1H3. The van der Waals surface area contributed by atoms with Gasteiger partial charge in [0.05, 0.1) is 16.8 Å². The van der Waals surface area contributed by atoms with E-state index in [1.165, 1.54) is 6.07 Å². The lowest BCUT2D eigenvalue weighted by atomic mass is 10.2. The topological polar surface area (TPSA) is 25.2 Å². The number of benzene rings is 1. The Morgan fingerprint density at radius 3 is 2.81 bits per heavy atom. The molecule has 0 aliphatic carbocycles. The minimum absolute atomic E-state index is 0.0485. The van der Waals surface area contributed by atoms with Gasteiger partial charge in [0.2, 0.25) is 0 Å². The first-order valence-electron chi connectivity index (χ1n) is 4.92. The summed E-state index contributed by atoms with van der Waals surface area (Å²) in [4.78, 5) is 0. The zero-order chi connectivity index (χ0) is 11.5. The Hall–Kier alpha value is -1.29. The molecule has 1 aromatic carbocycles. The van der Waals surface area contributed by atoms with Crippen molar-refractivity contribution in [3.63, 3.8) is 0 Å². The van der Waals surface area contributed by atoms with Crippen LogP contribution in [0.1, 0.15) is 18.7 Å². The van der Waals surface area contributed by atoms with E-state index in [1.54, 1.807) is 18.4 Å². The molecule has 0 bridgehead atoms. The van der Waals surface area contributed by atoms with Crippen molar-refractivity contribution in [2.45, 2.75) is 13.0 Å². The van der Waals surface area contributed by atoms with Gasteiger partial charge in [-0.25, -0.2) is 4.39 Å². The van der Waals surface area contributed by atoms with Crippen molar-refractivity contribution in [2.24, 2.45) is 0 Å². The van der Waals surface area contributed by atoms with E-state index in [-0.39, 0.29) is 11.9 Å². The molecule has 84 valence electrons. The minimum Gasteiger partial charge on any atom is -0.467 e. The van der Waals surface area contributed by atoms with Crippen LogP contribution in [0.3, 0.4) is 0 Å². The van der Waals surface area contributed by atoms with E-state index in [4.69, 9.17) is 4.42 Å². The van der Waals surface area contributed by atoms with Crippen molar-refractivity contribution in [3.8, 4) is 0 Å². The third kappa shape index (κ3) is 2.44. The van der Waals surface area contributed by atoms with E-state index in [0.717, 1.165) is 11.4 Å². The summed E-state index contributed by atoms with van der Waals surface area (Å²) in [7, 11) is 0. The van der Waals surface area contributed by atoms with Gasteiger partial charge >= 0.3 is 0 Å². The van der Waals surface area contributed by atoms with Crippen molar-refractivity contribution >= 4 is 21.6 Å². The normalized spacial score (nSPS) is 12.4. The van der Waals surface area contributed by atoms with E-state index in [0.29, 0.717) is 4.47 Å². The maximum Gasteiger partial charge on any atom is 0.137 e. The number of rotatable bonds is 3. The molecule has 1 heterocycles. The van der Waals surface area contributed by atoms with Crippen molar-refractivity contribution in [1.82, 2.24) is 0 Å². The number of anilines is 1. The SMILES string of the molecule is CC(Nc1ccc(F)c(Br)c1)c1ccco1. The lowest BCUT2D eigenvalue weighted by Crippen LogP contribution is -2.05. The number of furan rings is 1. The molecule has 2 rings (SSSR count). The molecule has 1 unspecified atom stereocenters. The summed E-state index contributed by atoms with van der Waals surface area (Å²) in [5.41, 5.74) is 0.845. The average Bonchev–Trinajstić information content (AvgIpc) is 2.77. The fourth-order valence-electron chi connectivity index (χ4n) is 1.44. The van der Waals surface area contributed by atoms with Crippen LogP contribution in [0.25, 0.3) is 0 Å². The highest BCUT2D eigenvalue weighted by Crippen LogP contribution is 2.24. The zero-order valence-electron chi connectivity index (χ0n) is 8.71. The highest BCUT2D eigenvalue weighted by molar-refractivity contribution is 9.10. The fraction of sp³-hybridized carbons (Fsp3) is 0.167. The zero-order valence-corrected chi connectivity index (χ0v) is 10.3. The van der Waals surface area contributed by atoms with E-state index in [2.05, 4.69) is 21.2 Å². The van der Waals surface area contributed by atoms with Gasteiger partial charge in [0.25, 0.3) is 0 Å². The van der Waals surface area contributed by atoms with Gasteiger partial charge in [0.1, 0.15) is 11.6 Å². The molecule has 0 saturated carbocycles. The molecule has 0 fully saturated rings. The minimum atomic E-state index is -0.267. The summed E-state index contributed by atoms with van der Waals surface area (Å²) >= 11 is 3.15. The number of halogens is 2. The maximum atomic E-state index is 13.0. The Balaban J connectivity index is 2.12. The van der Waals surface area contributed by atoms with Crippen LogP contribution < -0.4 is 5.32 Å². The summed E-state index contributed by atoms with van der Waals surface area (Å²) in [5, 5.41) is 3.22. The van der Waals surface area contributed by atoms with Gasteiger partial charge in [-0.1, -0.05) is 0 Å².